The summed E-state index contributed by atoms with van der Waals surface area (Å²) in [5.41, 5.74) is 1.23. The van der Waals surface area contributed by atoms with Crippen molar-refractivity contribution < 1.29 is 4.79 Å². The molecule has 0 spiro atoms. The highest BCUT2D eigenvalue weighted by molar-refractivity contribution is 7.98. The van der Waals surface area contributed by atoms with E-state index in [1.165, 1.54) is 0 Å². The van der Waals surface area contributed by atoms with Gasteiger partial charge in [-0.1, -0.05) is 11.6 Å². The summed E-state index contributed by atoms with van der Waals surface area (Å²) >= 11 is 7.43. The van der Waals surface area contributed by atoms with Gasteiger partial charge in [0, 0.05) is 15.6 Å². The molecule has 0 aliphatic heterocycles. The summed E-state index contributed by atoms with van der Waals surface area (Å²) in [6, 6.07) is 9.26. The van der Waals surface area contributed by atoms with Gasteiger partial charge in [-0.25, -0.2) is 9.97 Å². The predicted molar refractivity (Wildman–Crippen MR) is 73.2 cm³/mol. The van der Waals surface area contributed by atoms with Crippen LogP contribution in [0.4, 0.5) is 0 Å². The van der Waals surface area contributed by atoms with Gasteiger partial charge in [-0.2, -0.15) is 0 Å². The van der Waals surface area contributed by atoms with E-state index in [0.717, 1.165) is 21.9 Å². The molecule has 2 rings (SSSR count). The summed E-state index contributed by atoms with van der Waals surface area (Å²) in [6.07, 6.45) is 0.741. The molecular weight excluding hydrogens is 268 g/mol. The molecule has 92 valence electrons. The van der Waals surface area contributed by atoms with Crippen LogP contribution in [0.2, 0.25) is 5.02 Å². The van der Waals surface area contributed by atoms with Crippen LogP contribution in [0.25, 0.3) is 0 Å². The number of rotatable bonds is 4. The molecule has 0 saturated heterocycles. The Morgan fingerprint density at radius 2 is 2.00 bits per heavy atom. The average Bonchev–Trinajstić information content (AvgIpc) is 2.37. The van der Waals surface area contributed by atoms with Gasteiger partial charge in [0.15, 0.2) is 6.29 Å². The molecule has 1 aromatic carbocycles. The van der Waals surface area contributed by atoms with Crippen molar-refractivity contribution in [2.75, 3.05) is 0 Å². The van der Waals surface area contributed by atoms with Crippen molar-refractivity contribution in [3.63, 3.8) is 0 Å². The van der Waals surface area contributed by atoms with Crippen LogP contribution in [0.3, 0.4) is 0 Å². The highest BCUT2D eigenvalue weighted by Gasteiger charge is 2.03. The summed E-state index contributed by atoms with van der Waals surface area (Å²) in [5, 5.41) is 0.717. The summed E-state index contributed by atoms with van der Waals surface area (Å²) in [6.45, 7) is 1.85. The van der Waals surface area contributed by atoms with Crippen molar-refractivity contribution in [3.05, 3.63) is 52.6 Å². The standard InChI is InChI=1S/C13H11ClN2OS/c1-9-6-11(7-17)16-13(15-9)8-18-12-4-2-10(14)3-5-12/h2-7H,8H2,1H3. The van der Waals surface area contributed by atoms with Crippen LogP contribution in [0.1, 0.15) is 22.0 Å². The van der Waals surface area contributed by atoms with Crippen LogP contribution in [-0.2, 0) is 5.75 Å². The molecule has 0 atom stereocenters. The van der Waals surface area contributed by atoms with E-state index in [9.17, 15) is 4.79 Å². The fourth-order valence-corrected chi connectivity index (χ4v) is 2.34. The molecule has 18 heavy (non-hydrogen) atoms. The topological polar surface area (TPSA) is 42.9 Å². The van der Waals surface area contributed by atoms with E-state index in [1.807, 2.05) is 31.2 Å². The van der Waals surface area contributed by atoms with Gasteiger partial charge in [0.05, 0.1) is 5.75 Å². The monoisotopic (exact) mass is 278 g/mol. The van der Waals surface area contributed by atoms with Gasteiger partial charge in [0.2, 0.25) is 0 Å². The maximum Gasteiger partial charge on any atom is 0.168 e. The third-order valence-electron chi connectivity index (χ3n) is 2.22. The number of aryl methyl sites for hydroxylation is 1. The SMILES string of the molecule is Cc1cc(C=O)nc(CSc2ccc(Cl)cc2)n1. The van der Waals surface area contributed by atoms with Crippen molar-refractivity contribution in [3.8, 4) is 0 Å². The fourth-order valence-electron chi connectivity index (χ4n) is 1.46. The highest BCUT2D eigenvalue weighted by Crippen LogP contribution is 2.23. The lowest BCUT2D eigenvalue weighted by molar-refractivity contribution is 0.111. The summed E-state index contributed by atoms with van der Waals surface area (Å²) in [5.74, 6) is 1.29. The smallest absolute Gasteiger partial charge is 0.168 e. The number of carbonyl (C=O) groups excluding carboxylic acids is 1. The first-order chi connectivity index (χ1) is 8.67. The van der Waals surface area contributed by atoms with Gasteiger partial charge < -0.3 is 0 Å². The molecular formula is C13H11ClN2OS. The molecule has 0 radical (unpaired) electrons. The van der Waals surface area contributed by atoms with Gasteiger partial charge >= 0.3 is 0 Å². The third kappa shape index (κ3) is 3.55. The maximum atomic E-state index is 10.7. The summed E-state index contributed by atoms with van der Waals surface area (Å²) in [4.78, 5) is 20.3. The van der Waals surface area contributed by atoms with Gasteiger partial charge in [-0.3, -0.25) is 4.79 Å². The van der Waals surface area contributed by atoms with Crippen LogP contribution in [0.5, 0.6) is 0 Å². The van der Waals surface area contributed by atoms with E-state index in [1.54, 1.807) is 17.8 Å². The second kappa shape index (κ2) is 5.98. The molecule has 0 unspecified atom stereocenters. The van der Waals surface area contributed by atoms with Crippen molar-refractivity contribution in [1.29, 1.82) is 0 Å². The second-order valence-corrected chi connectivity index (χ2v) is 5.20. The minimum absolute atomic E-state index is 0.425. The molecule has 0 saturated carbocycles. The molecule has 3 nitrogen and oxygen atoms in total. The van der Waals surface area contributed by atoms with Crippen molar-refractivity contribution >= 4 is 29.6 Å². The Kier molecular flexibility index (Phi) is 4.33. The number of aromatic nitrogens is 2. The number of thioether (sulfide) groups is 1. The molecule has 0 fully saturated rings. The molecule has 0 aliphatic carbocycles. The van der Waals surface area contributed by atoms with E-state index < -0.39 is 0 Å². The minimum atomic E-state index is 0.425. The minimum Gasteiger partial charge on any atom is -0.296 e. The number of hydrogen-bond acceptors (Lipinski definition) is 4. The van der Waals surface area contributed by atoms with Crippen LogP contribution < -0.4 is 0 Å². The lowest BCUT2D eigenvalue weighted by atomic mass is 10.3. The Balaban J connectivity index is 2.08. The number of aldehydes is 1. The lowest BCUT2D eigenvalue weighted by Gasteiger charge is -2.03. The largest absolute Gasteiger partial charge is 0.296 e. The number of nitrogens with zero attached hydrogens (tertiary/aromatic N) is 2. The molecule has 2 aromatic rings. The number of benzene rings is 1. The van der Waals surface area contributed by atoms with Gasteiger partial charge in [0.25, 0.3) is 0 Å². The predicted octanol–water partition coefficient (Wildman–Crippen LogP) is 3.54. The van der Waals surface area contributed by atoms with Gasteiger partial charge in [-0.15, -0.1) is 11.8 Å². The van der Waals surface area contributed by atoms with Crippen LogP contribution in [0, 0.1) is 6.92 Å². The lowest BCUT2D eigenvalue weighted by Crippen LogP contribution is -1.99. The van der Waals surface area contributed by atoms with Crippen LogP contribution in [-0.4, -0.2) is 16.3 Å². The quantitative estimate of drug-likeness (QED) is 0.634. The van der Waals surface area contributed by atoms with E-state index in [0.29, 0.717) is 17.3 Å². The number of hydrogen-bond donors (Lipinski definition) is 0. The van der Waals surface area contributed by atoms with Crippen molar-refractivity contribution in [1.82, 2.24) is 9.97 Å². The normalized spacial score (nSPS) is 10.3. The van der Waals surface area contributed by atoms with Crippen molar-refractivity contribution in [2.45, 2.75) is 17.6 Å². The summed E-state index contributed by atoms with van der Waals surface area (Å²) < 4.78 is 0. The van der Waals surface area contributed by atoms with E-state index in [2.05, 4.69) is 9.97 Å². The Labute approximate surface area is 115 Å². The summed E-state index contributed by atoms with van der Waals surface area (Å²) in [7, 11) is 0. The fraction of sp³-hybridized carbons (Fsp3) is 0.154. The molecule has 0 amide bonds. The first kappa shape index (κ1) is 13.1. The van der Waals surface area contributed by atoms with Gasteiger partial charge in [-0.05, 0) is 37.3 Å². The van der Waals surface area contributed by atoms with E-state index >= 15 is 0 Å². The first-order valence-electron chi connectivity index (χ1n) is 5.35. The van der Waals surface area contributed by atoms with Gasteiger partial charge in [0.1, 0.15) is 11.5 Å². The molecule has 1 aromatic heterocycles. The zero-order chi connectivity index (χ0) is 13.0. The van der Waals surface area contributed by atoms with E-state index in [-0.39, 0.29) is 0 Å². The third-order valence-corrected chi connectivity index (χ3v) is 3.48. The average molecular weight is 279 g/mol. The second-order valence-electron chi connectivity index (χ2n) is 3.71. The first-order valence-corrected chi connectivity index (χ1v) is 6.72. The number of halogens is 1. The maximum absolute atomic E-state index is 10.7. The number of carbonyl (C=O) groups is 1. The molecule has 0 N–H and O–H groups in total. The Morgan fingerprint density at radius 3 is 2.67 bits per heavy atom. The Hall–Kier alpha value is -1.39. The van der Waals surface area contributed by atoms with Crippen LogP contribution in [0.15, 0.2) is 35.2 Å². The van der Waals surface area contributed by atoms with Crippen molar-refractivity contribution in [2.24, 2.45) is 0 Å². The molecule has 0 bridgehead atoms. The Morgan fingerprint density at radius 1 is 1.28 bits per heavy atom. The highest BCUT2D eigenvalue weighted by atomic mass is 35.5. The molecule has 5 heteroatoms. The zero-order valence-corrected chi connectivity index (χ0v) is 11.3. The molecule has 1 heterocycles. The molecule has 0 aliphatic rings. The van der Waals surface area contributed by atoms with Crippen LogP contribution >= 0.6 is 23.4 Å². The zero-order valence-electron chi connectivity index (χ0n) is 9.76. The van der Waals surface area contributed by atoms with E-state index in [4.69, 9.17) is 11.6 Å². The Bertz CT molecular complexity index is 557.